The Kier molecular flexibility index (Phi) is 3.13. The molecule has 1 saturated carbocycles. The molecule has 0 aliphatic heterocycles. The van der Waals surface area contributed by atoms with Gasteiger partial charge in [0, 0.05) is 12.6 Å². The molecule has 1 N–H and O–H groups in total. The number of nitrogens with one attached hydrogen (secondary N) is 1. The van der Waals surface area contributed by atoms with E-state index >= 15 is 0 Å². The fourth-order valence-electron chi connectivity index (χ4n) is 1.27. The summed E-state index contributed by atoms with van der Waals surface area (Å²) in [4.78, 5) is 0. The van der Waals surface area contributed by atoms with Crippen LogP contribution in [-0.4, -0.2) is 24.3 Å². The molecule has 12 heavy (non-hydrogen) atoms. The van der Waals surface area contributed by atoms with Crippen molar-refractivity contribution in [3.05, 3.63) is 0 Å². The van der Waals surface area contributed by atoms with E-state index in [0.29, 0.717) is 6.10 Å². The maximum atomic E-state index is 5.75. The second-order valence-electron chi connectivity index (χ2n) is 4.72. The summed E-state index contributed by atoms with van der Waals surface area (Å²) in [7, 11) is 0. The van der Waals surface area contributed by atoms with Crippen LogP contribution in [0.4, 0.5) is 0 Å². The molecule has 1 fully saturated rings. The van der Waals surface area contributed by atoms with E-state index in [9.17, 15) is 0 Å². The lowest BCUT2D eigenvalue weighted by Crippen LogP contribution is -2.34. The van der Waals surface area contributed by atoms with Crippen molar-refractivity contribution in [3.63, 3.8) is 0 Å². The van der Waals surface area contributed by atoms with Crippen molar-refractivity contribution in [2.75, 3.05) is 6.54 Å². The van der Waals surface area contributed by atoms with E-state index in [-0.39, 0.29) is 5.60 Å². The van der Waals surface area contributed by atoms with E-state index in [1.54, 1.807) is 0 Å². The van der Waals surface area contributed by atoms with Crippen LogP contribution in [0.1, 0.15) is 40.5 Å². The molecular weight excluding hydrogens is 150 g/mol. The van der Waals surface area contributed by atoms with Gasteiger partial charge in [0.25, 0.3) is 0 Å². The number of rotatable bonds is 4. The molecular formula is C10H21NO. The zero-order chi connectivity index (χ0) is 9.19. The minimum Gasteiger partial charge on any atom is -0.372 e. The van der Waals surface area contributed by atoms with Crippen LogP contribution in [0.2, 0.25) is 0 Å². The molecule has 1 aliphatic carbocycles. The lowest BCUT2D eigenvalue weighted by Gasteiger charge is -2.25. The van der Waals surface area contributed by atoms with Crippen molar-refractivity contribution in [3.8, 4) is 0 Å². The van der Waals surface area contributed by atoms with Gasteiger partial charge < -0.3 is 10.1 Å². The maximum Gasteiger partial charge on any atom is 0.0678 e. The van der Waals surface area contributed by atoms with Crippen LogP contribution < -0.4 is 5.32 Å². The second kappa shape index (κ2) is 3.75. The SMILES string of the molecule is CC(CNC1CC1)OC(C)(C)C. The highest BCUT2D eigenvalue weighted by Crippen LogP contribution is 2.19. The van der Waals surface area contributed by atoms with Crippen LogP contribution >= 0.6 is 0 Å². The van der Waals surface area contributed by atoms with Gasteiger partial charge in [0.05, 0.1) is 11.7 Å². The highest BCUT2D eigenvalue weighted by atomic mass is 16.5. The van der Waals surface area contributed by atoms with Gasteiger partial charge >= 0.3 is 0 Å². The fourth-order valence-corrected chi connectivity index (χ4v) is 1.27. The molecule has 1 unspecified atom stereocenters. The number of hydrogen-bond donors (Lipinski definition) is 1. The molecule has 1 atom stereocenters. The zero-order valence-corrected chi connectivity index (χ0v) is 8.68. The van der Waals surface area contributed by atoms with Gasteiger partial charge in [-0.1, -0.05) is 0 Å². The van der Waals surface area contributed by atoms with Crippen molar-refractivity contribution in [2.45, 2.75) is 58.3 Å². The molecule has 2 nitrogen and oxygen atoms in total. The van der Waals surface area contributed by atoms with E-state index in [1.807, 2.05) is 0 Å². The summed E-state index contributed by atoms with van der Waals surface area (Å²) in [6.45, 7) is 9.41. The van der Waals surface area contributed by atoms with E-state index in [2.05, 4.69) is 33.0 Å². The Morgan fingerprint density at radius 2 is 2.00 bits per heavy atom. The third-order valence-corrected chi connectivity index (χ3v) is 1.83. The Morgan fingerprint density at radius 1 is 1.42 bits per heavy atom. The molecule has 0 spiro atoms. The molecule has 0 radical (unpaired) electrons. The highest BCUT2D eigenvalue weighted by molar-refractivity contribution is 4.81. The van der Waals surface area contributed by atoms with E-state index < -0.39 is 0 Å². The first kappa shape index (κ1) is 10.0. The fraction of sp³-hybridized carbons (Fsp3) is 1.00. The van der Waals surface area contributed by atoms with Gasteiger partial charge in [-0.2, -0.15) is 0 Å². The van der Waals surface area contributed by atoms with Crippen molar-refractivity contribution >= 4 is 0 Å². The molecule has 0 saturated heterocycles. The molecule has 0 amide bonds. The van der Waals surface area contributed by atoms with E-state index in [4.69, 9.17) is 4.74 Å². The van der Waals surface area contributed by atoms with Gasteiger partial charge in [0.1, 0.15) is 0 Å². The van der Waals surface area contributed by atoms with E-state index in [0.717, 1.165) is 12.6 Å². The van der Waals surface area contributed by atoms with Gasteiger partial charge in [-0.05, 0) is 40.5 Å². The Balaban J connectivity index is 2.05. The molecule has 1 rings (SSSR count). The molecule has 0 heterocycles. The average molecular weight is 171 g/mol. The zero-order valence-electron chi connectivity index (χ0n) is 8.68. The molecule has 72 valence electrons. The first-order chi connectivity index (χ1) is 5.47. The summed E-state index contributed by atoms with van der Waals surface area (Å²) in [5.41, 5.74) is -0.00928. The van der Waals surface area contributed by atoms with Crippen LogP contribution in [0.25, 0.3) is 0 Å². The van der Waals surface area contributed by atoms with Gasteiger partial charge in [0.15, 0.2) is 0 Å². The first-order valence-electron chi connectivity index (χ1n) is 4.88. The number of ether oxygens (including phenoxy) is 1. The molecule has 0 aromatic carbocycles. The van der Waals surface area contributed by atoms with Crippen LogP contribution in [0, 0.1) is 0 Å². The van der Waals surface area contributed by atoms with E-state index in [1.165, 1.54) is 12.8 Å². The van der Waals surface area contributed by atoms with Crippen LogP contribution in [0.5, 0.6) is 0 Å². The first-order valence-corrected chi connectivity index (χ1v) is 4.88. The Bertz CT molecular complexity index is 135. The van der Waals surface area contributed by atoms with Crippen molar-refractivity contribution in [1.29, 1.82) is 0 Å². The van der Waals surface area contributed by atoms with Gasteiger partial charge in [-0.3, -0.25) is 0 Å². The van der Waals surface area contributed by atoms with Gasteiger partial charge in [0.2, 0.25) is 0 Å². The summed E-state index contributed by atoms with van der Waals surface area (Å²) >= 11 is 0. The maximum absolute atomic E-state index is 5.75. The normalized spacial score (nSPS) is 21.0. The quantitative estimate of drug-likeness (QED) is 0.698. The summed E-state index contributed by atoms with van der Waals surface area (Å²) in [5.74, 6) is 0. The Labute approximate surface area is 75.7 Å². The molecule has 2 heteroatoms. The summed E-state index contributed by atoms with van der Waals surface area (Å²) in [6, 6.07) is 0.788. The van der Waals surface area contributed by atoms with Gasteiger partial charge in [-0.25, -0.2) is 0 Å². The monoisotopic (exact) mass is 171 g/mol. The molecule has 0 aromatic rings. The van der Waals surface area contributed by atoms with Gasteiger partial charge in [-0.15, -0.1) is 0 Å². The van der Waals surface area contributed by atoms with Crippen LogP contribution in [0.15, 0.2) is 0 Å². The standard InChI is InChI=1S/C10H21NO/c1-8(12-10(2,3)4)7-11-9-5-6-9/h8-9,11H,5-7H2,1-4H3. The third-order valence-electron chi connectivity index (χ3n) is 1.83. The number of hydrogen-bond acceptors (Lipinski definition) is 2. The molecule has 0 bridgehead atoms. The average Bonchev–Trinajstić information content (AvgIpc) is 2.61. The van der Waals surface area contributed by atoms with Crippen molar-refractivity contribution in [2.24, 2.45) is 0 Å². The topological polar surface area (TPSA) is 21.3 Å². The minimum atomic E-state index is -0.00928. The second-order valence-corrected chi connectivity index (χ2v) is 4.72. The summed E-state index contributed by atoms with van der Waals surface area (Å²) < 4.78 is 5.75. The minimum absolute atomic E-state index is 0.00928. The highest BCUT2D eigenvalue weighted by Gasteiger charge is 2.22. The largest absolute Gasteiger partial charge is 0.372 e. The lowest BCUT2D eigenvalue weighted by atomic mass is 10.2. The predicted octanol–water partition coefficient (Wildman–Crippen LogP) is 1.94. The Hall–Kier alpha value is -0.0800. The van der Waals surface area contributed by atoms with Crippen molar-refractivity contribution in [1.82, 2.24) is 5.32 Å². The molecule has 0 aromatic heterocycles. The predicted molar refractivity (Wildman–Crippen MR) is 51.3 cm³/mol. The van der Waals surface area contributed by atoms with Crippen LogP contribution in [-0.2, 0) is 4.74 Å². The van der Waals surface area contributed by atoms with Crippen LogP contribution in [0.3, 0.4) is 0 Å². The summed E-state index contributed by atoms with van der Waals surface area (Å²) in [5, 5.41) is 3.45. The Morgan fingerprint density at radius 3 is 2.42 bits per heavy atom. The molecule has 1 aliphatic rings. The summed E-state index contributed by atoms with van der Waals surface area (Å²) in [6.07, 6.45) is 3.02. The third kappa shape index (κ3) is 4.73. The lowest BCUT2D eigenvalue weighted by molar-refractivity contribution is -0.0499. The van der Waals surface area contributed by atoms with Crippen molar-refractivity contribution < 1.29 is 4.74 Å². The smallest absolute Gasteiger partial charge is 0.0678 e.